The van der Waals surface area contributed by atoms with Gasteiger partial charge in [-0.25, -0.2) is 0 Å². The molecular weight excluding hydrogens is 240 g/mol. The van der Waals surface area contributed by atoms with Crippen LogP contribution >= 0.6 is 0 Å². The minimum Gasteiger partial charge on any atom is -0.508 e. The van der Waals surface area contributed by atoms with Crippen molar-refractivity contribution in [2.75, 3.05) is 26.2 Å². The third kappa shape index (κ3) is 5.09. The van der Waals surface area contributed by atoms with Crippen LogP contribution in [-0.4, -0.2) is 41.3 Å². The van der Waals surface area contributed by atoms with Gasteiger partial charge in [0.2, 0.25) is 0 Å². The minimum absolute atomic E-state index is 0.0703. The monoisotopic (exact) mass is 266 g/mol. The molecule has 108 valence electrons. The van der Waals surface area contributed by atoms with Gasteiger partial charge >= 0.3 is 0 Å². The lowest BCUT2D eigenvalue weighted by atomic mass is 10.1. The molecule has 19 heavy (non-hydrogen) atoms. The third-order valence-electron chi connectivity index (χ3n) is 3.35. The lowest BCUT2D eigenvalue weighted by Crippen LogP contribution is -2.33. The fraction of sp³-hybridized carbons (Fsp3) is 0.600. The lowest BCUT2D eigenvalue weighted by molar-refractivity contribution is 0.283. The van der Waals surface area contributed by atoms with Gasteiger partial charge in [-0.15, -0.1) is 0 Å². The summed E-state index contributed by atoms with van der Waals surface area (Å²) in [6.07, 6.45) is 1.17. The normalized spacial score (nSPS) is 12.8. The fourth-order valence-electron chi connectivity index (χ4n) is 2.19. The van der Waals surface area contributed by atoms with E-state index in [1.165, 1.54) is 12.5 Å². The Bertz CT molecular complexity index is 382. The Labute approximate surface area is 116 Å². The fourth-order valence-corrected chi connectivity index (χ4v) is 2.19. The van der Waals surface area contributed by atoms with Crippen molar-refractivity contribution in [3.63, 3.8) is 0 Å². The van der Waals surface area contributed by atoms with E-state index in [4.69, 9.17) is 0 Å². The average molecular weight is 266 g/mol. The second-order valence-electron chi connectivity index (χ2n) is 4.85. The molecule has 0 fully saturated rings. The lowest BCUT2D eigenvalue weighted by Gasteiger charge is -2.22. The molecule has 1 atom stereocenters. The Morgan fingerprint density at radius 1 is 1.21 bits per heavy atom. The van der Waals surface area contributed by atoms with Gasteiger partial charge in [0.15, 0.2) is 0 Å². The third-order valence-corrected chi connectivity index (χ3v) is 3.35. The van der Waals surface area contributed by atoms with Gasteiger partial charge in [0.1, 0.15) is 11.5 Å². The topological polar surface area (TPSA) is 55.7 Å². The highest BCUT2D eigenvalue weighted by molar-refractivity contribution is 5.40. The SMILES string of the molecule is CCCN(CC)CCNC(C)c1ccc(O)cc1O. The van der Waals surface area contributed by atoms with Crippen LogP contribution in [0.2, 0.25) is 0 Å². The predicted octanol–water partition coefficient (Wildman–Crippen LogP) is 2.48. The smallest absolute Gasteiger partial charge is 0.124 e. The number of hydrogen-bond donors (Lipinski definition) is 3. The molecule has 0 spiro atoms. The van der Waals surface area contributed by atoms with E-state index in [-0.39, 0.29) is 17.5 Å². The Balaban J connectivity index is 2.44. The highest BCUT2D eigenvalue weighted by Crippen LogP contribution is 2.27. The van der Waals surface area contributed by atoms with Gasteiger partial charge < -0.3 is 20.4 Å². The van der Waals surface area contributed by atoms with Crippen molar-refractivity contribution in [2.45, 2.75) is 33.2 Å². The first-order chi connectivity index (χ1) is 9.08. The second-order valence-corrected chi connectivity index (χ2v) is 4.85. The molecule has 1 aromatic carbocycles. The molecule has 0 amide bonds. The zero-order valence-electron chi connectivity index (χ0n) is 12.2. The number of phenolic OH excluding ortho intramolecular Hbond substituents is 2. The first-order valence-electron chi connectivity index (χ1n) is 7.06. The summed E-state index contributed by atoms with van der Waals surface area (Å²) >= 11 is 0. The van der Waals surface area contributed by atoms with Crippen molar-refractivity contribution in [3.8, 4) is 11.5 Å². The average Bonchev–Trinajstić information content (AvgIpc) is 2.37. The van der Waals surface area contributed by atoms with Gasteiger partial charge in [0, 0.05) is 30.8 Å². The first kappa shape index (κ1) is 15.8. The summed E-state index contributed by atoms with van der Waals surface area (Å²) in [7, 11) is 0. The molecule has 0 heterocycles. The highest BCUT2D eigenvalue weighted by atomic mass is 16.3. The quantitative estimate of drug-likeness (QED) is 0.676. The van der Waals surface area contributed by atoms with E-state index in [0.717, 1.165) is 31.7 Å². The summed E-state index contributed by atoms with van der Waals surface area (Å²) in [6, 6.07) is 4.80. The van der Waals surface area contributed by atoms with E-state index < -0.39 is 0 Å². The van der Waals surface area contributed by atoms with E-state index in [0.29, 0.717) is 0 Å². The number of phenols is 2. The zero-order valence-corrected chi connectivity index (χ0v) is 12.2. The molecule has 0 saturated carbocycles. The largest absolute Gasteiger partial charge is 0.508 e. The van der Waals surface area contributed by atoms with E-state index in [1.54, 1.807) is 12.1 Å². The van der Waals surface area contributed by atoms with Crippen LogP contribution in [0.25, 0.3) is 0 Å². The highest BCUT2D eigenvalue weighted by Gasteiger charge is 2.10. The van der Waals surface area contributed by atoms with Crippen LogP contribution in [0.1, 0.15) is 38.8 Å². The van der Waals surface area contributed by atoms with Crippen LogP contribution in [0.3, 0.4) is 0 Å². The van der Waals surface area contributed by atoms with Crippen molar-refractivity contribution in [1.29, 1.82) is 0 Å². The molecule has 0 aliphatic heterocycles. The molecule has 1 rings (SSSR count). The van der Waals surface area contributed by atoms with Crippen LogP contribution in [0.15, 0.2) is 18.2 Å². The molecule has 0 aliphatic rings. The predicted molar refractivity (Wildman–Crippen MR) is 78.6 cm³/mol. The maximum absolute atomic E-state index is 9.79. The van der Waals surface area contributed by atoms with E-state index in [2.05, 4.69) is 24.1 Å². The number of rotatable bonds is 8. The molecule has 0 aliphatic carbocycles. The van der Waals surface area contributed by atoms with Crippen molar-refractivity contribution < 1.29 is 10.2 Å². The summed E-state index contributed by atoms with van der Waals surface area (Å²) in [4.78, 5) is 2.40. The molecule has 1 unspecified atom stereocenters. The molecule has 1 aromatic rings. The van der Waals surface area contributed by atoms with Gasteiger partial charge in [-0.1, -0.05) is 19.9 Å². The summed E-state index contributed by atoms with van der Waals surface area (Å²) in [5, 5.41) is 22.5. The van der Waals surface area contributed by atoms with Crippen molar-refractivity contribution >= 4 is 0 Å². The molecule has 4 nitrogen and oxygen atoms in total. The van der Waals surface area contributed by atoms with Crippen molar-refractivity contribution in [1.82, 2.24) is 10.2 Å². The standard InChI is InChI=1S/C15H26N2O2/c1-4-9-17(5-2)10-8-16-12(3)14-7-6-13(18)11-15(14)19/h6-7,11-12,16,18-19H,4-5,8-10H2,1-3H3. The molecular formula is C15H26N2O2. The maximum atomic E-state index is 9.79. The van der Waals surface area contributed by atoms with Gasteiger partial charge in [0.05, 0.1) is 0 Å². The maximum Gasteiger partial charge on any atom is 0.124 e. The summed E-state index contributed by atoms with van der Waals surface area (Å²) < 4.78 is 0. The molecule has 3 N–H and O–H groups in total. The number of aromatic hydroxyl groups is 2. The number of nitrogens with zero attached hydrogens (tertiary/aromatic N) is 1. The molecule has 0 radical (unpaired) electrons. The Morgan fingerprint density at radius 2 is 1.95 bits per heavy atom. The number of nitrogens with one attached hydrogen (secondary N) is 1. The van der Waals surface area contributed by atoms with Gasteiger partial charge in [-0.05, 0) is 32.5 Å². The number of benzene rings is 1. The van der Waals surface area contributed by atoms with Gasteiger partial charge in [0.25, 0.3) is 0 Å². The van der Waals surface area contributed by atoms with E-state index >= 15 is 0 Å². The zero-order chi connectivity index (χ0) is 14.3. The first-order valence-corrected chi connectivity index (χ1v) is 7.06. The molecule has 4 heteroatoms. The summed E-state index contributed by atoms with van der Waals surface area (Å²) in [6.45, 7) is 10.5. The number of hydrogen-bond acceptors (Lipinski definition) is 4. The van der Waals surface area contributed by atoms with Crippen molar-refractivity contribution in [2.24, 2.45) is 0 Å². The molecule has 0 bridgehead atoms. The molecule has 0 aromatic heterocycles. The minimum atomic E-state index is 0.0703. The Kier molecular flexibility index (Phi) is 6.67. The van der Waals surface area contributed by atoms with Crippen LogP contribution in [-0.2, 0) is 0 Å². The number of likely N-dealkylation sites (N-methyl/N-ethyl adjacent to an activating group) is 1. The summed E-state index contributed by atoms with van der Waals surface area (Å²) in [5.74, 6) is 0.231. The van der Waals surface area contributed by atoms with Crippen LogP contribution in [0.4, 0.5) is 0 Å². The summed E-state index contributed by atoms with van der Waals surface area (Å²) in [5.41, 5.74) is 0.816. The Hall–Kier alpha value is -1.26. The van der Waals surface area contributed by atoms with Crippen LogP contribution in [0, 0.1) is 0 Å². The van der Waals surface area contributed by atoms with Crippen LogP contribution in [0.5, 0.6) is 11.5 Å². The van der Waals surface area contributed by atoms with Gasteiger partial charge in [-0.2, -0.15) is 0 Å². The van der Waals surface area contributed by atoms with E-state index in [1.807, 2.05) is 6.92 Å². The Morgan fingerprint density at radius 3 is 2.53 bits per heavy atom. The van der Waals surface area contributed by atoms with E-state index in [9.17, 15) is 10.2 Å². The van der Waals surface area contributed by atoms with Gasteiger partial charge in [-0.3, -0.25) is 0 Å². The molecule has 0 saturated heterocycles. The van der Waals surface area contributed by atoms with Crippen LogP contribution < -0.4 is 5.32 Å². The second kappa shape index (κ2) is 8.02. The van der Waals surface area contributed by atoms with Crippen molar-refractivity contribution in [3.05, 3.63) is 23.8 Å².